The fraction of sp³-hybridized carbons (Fsp3) is 0.538. The summed E-state index contributed by atoms with van der Waals surface area (Å²) in [7, 11) is 0. The minimum atomic E-state index is 0. The molecule has 0 saturated carbocycles. The van der Waals surface area contributed by atoms with Crippen molar-refractivity contribution in [3.05, 3.63) is 29.2 Å². The van der Waals surface area contributed by atoms with Crippen molar-refractivity contribution in [2.75, 3.05) is 5.32 Å². The molecule has 0 aliphatic carbocycles. The third-order valence-electron chi connectivity index (χ3n) is 3.03. The summed E-state index contributed by atoms with van der Waals surface area (Å²) in [5.74, 6) is 1.07. The van der Waals surface area contributed by atoms with E-state index in [-0.39, 0.29) is 12.4 Å². The van der Waals surface area contributed by atoms with Crippen molar-refractivity contribution in [1.82, 2.24) is 19.6 Å². The number of nitrogens with one attached hydrogen (secondary N) is 1. The van der Waals surface area contributed by atoms with Gasteiger partial charge in [-0.05, 0) is 27.7 Å². The summed E-state index contributed by atoms with van der Waals surface area (Å²) in [5.41, 5.74) is 3.36. The average Bonchev–Trinajstić information content (AvgIpc) is 2.89. The summed E-state index contributed by atoms with van der Waals surface area (Å²) in [6.45, 7) is 10.8. The van der Waals surface area contributed by atoms with Crippen LogP contribution in [0.25, 0.3) is 0 Å². The van der Waals surface area contributed by atoms with E-state index >= 15 is 0 Å². The van der Waals surface area contributed by atoms with E-state index in [2.05, 4.69) is 41.6 Å². The van der Waals surface area contributed by atoms with Crippen LogP contribution in [0, 0.1) is 13.8 Å². The fourth-order valence-corrected chi connectivity index (χ4v) is 2.01. The molecule has 2 heterocycles. The Hall–Kier alpha value is -1.49. The number of aromatic nitrogens is 4. The van der Waals surface area contributed by atoms with Gasteiger partial charge in [0.1, 0.15) is 5.82 Å². The van der Waals surface area contributed by atoms with Gasteiger partial charge in [-0.25, -0.2) is 4.68 Å². The number of hydrogen-bond donors (Lipinski definition) is 1. The molecule has 2 rings (SSSR count). The van der Waals surface area contributed by atoms with Gasteiger partial charge in [0, 0.05) is 37.5 Å². The van der Waals surface area contributed by atoms with Crippen molar-refractivity contribution in [1.29, 1.82) is 0 Å². The van der Waals surface area contributed by atoms with Crippen LogP contribution in [0.1, 0.15) is 30.8 Å². The first-order valence-electron chi connectivity index (χ1n) is 6.45. The molecule has 0 aromatic carbocycles. The molecule has 0 spiro atoms. The maximum atomic E-state index is 4.44. The second-order valence-corrected chi connectivity index (χ2v) is 4.44. The molecule has 0 aliphatic heterocycles. The van der Waals surface area contributed by atoms with Crippen LogP contribution in [0.5, 0.6) is 0 Å². The number of anilines is 1. The Labute approximate surface area is 120 Å². The number of rotatable bonds is 5. The highest BCUT2D eigenvalue weighted by molar-refractivity contribution is 5.85. The second-order valence-electron chi connectivity index (χ2n) is 4.44. The van der Waals surface area contributed by atoms with E-state index in [1.165, 1.54) is 5.56 Å². The Morgan fingerprint density at radius 2 is 1.89 bits per heavy atom. The summed E-state index contributed by atoms with van der Waals surface area (Å²) >= 11 is 0. The molecule has 2 aromatic rings. The summed E-state index contributed by atoms with van der Waals surface area (Å²) in [6, 6.07) is 2.07. The molecule has 5 nitrogen and oxygen atoms in total. The van der Waals surface area contributed by atoms with Crippen molar-refractivity contribution in [3.63, 3.8) is 0 Å². The van der Waals surface area contributed by atoms with E-state index in [1.807, 2.05) is 23.2 Å². The molecule has 0 aliphatic rings. The normalized spacial score (nSPS) is 10.3. The summed E-state index contributed by atoms with van der Waals surface area (Å²) < 4.78 is 3.95. The topological polar surface area (TPSA) is 47.7 Å². The van der Waals surface area contributed by atoms with Crippen LogP contribution in [-0.4, -0.2) is 19.6 Å². The van der Waals surface area contributed by atoms with Crippen molar-refractivity contribution in [2.24, 2.45) is 0 Å². The van der Waals surface area contributed by atoms with Crippen LogP contribution in [0.4, 0.5) is 5.82 Å². The zero-order chi connectivity index (χ0) is 13.1. The molecule has 0 fully saturated rings. The number of halogens is 1. The highest BCUT2D eigenvalue weighted by Crippen LogP contribution is 2.13. The highest BCUT2D eigenvalue weighted by atomic mass is 35.5. The lowest BCUT2D eigenvalue weighted by atomic mass is 10.2. The predicted octanol–water partition coefficient (Wildman–Crippen LogP) is 2.77. The van der Waals surface area contributed by atoms with Crippen LogP contribution >= 0.6 is 12.4 Å². The van der Waals surface area contributed by atoms with Gasteiger partial charge >= 0.3 is 0 Å². The molecule has 0 saturated heterocycles. The minimum absolute atomic E-state index is 0. The van der Waals surface area contributed by atoms with E-state index in [0.717, 1.165) is 36.8 Å². The minimum Gasteiger partial charge on any atom is -0.366 e. The first-order chi connectivity index (χ1) is 8.63. The van der Waals surface area contributed by atoms with Gasteiger partial charge in [-0.2, -0.15) is 10.2 Å². The van der Waals surface area contributed by atoms with Crippen molar-refractivity contribution in [2.45, 2.75) is 47.3 Å². The molecule has 1 N–H and O–H groups in total. The maximum Gasteiger partial charge on any atom is 0.124 e. The van der Waals surface area contributed by atoms with Crippen LogP contribution in [-0.2, 0) is 19.6 Å². The molecule has 0 unspecified atom stereocenters. The average molecular weight is 284 g/mol. The molecule has 0 bridgehead atoms. The summed E-state index contributed by atoms with van der Waals surface area (Å²) in [4.78, 5) is 0. The maximum absolute atomic E-state index is 4.44. The van der Waals surface area contributed by atoms with Gasteiger partial charge in [0.05, 0.1) is 11.4 Å². The van der Waals surface area contributed by atoms with Crippen LogP contribution < -0.4 is 5.32 Å². The lowest BCUT2D eigenvalue weighted by molar-refractivity contribution is 0.652. The molecular weight excluding hydrogens is 262 g/mol. The van der Waals surface area contributed by atoms with E-state index in [4.69, 9.17) is 0 Å². The van der Waals surface area contributed by atoms with Crippen molar-refractivity contribution >= 4 is 18.2 Å². The van der Waals surface area contributed by atoms with Gasteiger partial charge in [0.25, 0.3) is 0 Å². The Kier molecular flexibility index (Phi) is 5.42. The second kappa shape index (κ2) is 6.61. The van der Waals surface area contributed by atoms with Crippen LogP contribution in [0.2, 0.25) is 0 Å². The molecule has 2 aromatic heterocycles. The zero-order valence-electron chi connectivity index (χ0n) is 12.0. The summed E-state index contributed by atoms with van der Waals surface area (Å²) in [6.07, 6.45) is 2.10. The van der Waals surface area contributed by atoms with Gasteiger partial charge < -0.3 is 5.32 Å². The van der Waals surface area contributed by atoms with Gasteiger partial charge in [-0.1, -0.05) is 0 Å². The Balaban J connectivity index is 0.00000180. The molecule has 0 radical (unpaired) electrons. The molecule has 6 heteroatoms. The van der Waals surface area contributed by atoms with E-state index < -0.39 is 0 Å². The third kappa shape index (κ3) is 3.50. The Morgan fingerprint density at radius 3 is 2.47 bits per heavy atom. The zero-order valence-corrected chi connectivity index (χ0v) is 12.8. The quantitative estimate of drug-likeness (QED) is 0.918. The summed E-state index contributed by atoms with van der Waals surface area (Å²) in [5, 5.41) is 12.3. The molecule has 0 atom stereocenters. The Morgan fingerprint density at radius 1 is 1.16 bits per heavy atom. The third-order valence-corrected chi connectivity index (χ3v) is 3.03. The first kappa shape index (κ1) is 15.6. The van der Waals surface area contributed by atoms with Gasteiger partial charge in [-0.15, -0.1) is 12.4 Å². The fourth-order valence-electron chi connectivity index (χ4n) is 2.01. The monoisotopic (exact) mass is 283 g/mol. The van der Waals surface area contributed by atoms with Crippen LogP contribution in [0.15, 0.2) is 12.3 Å². The molecule has 106 valence electrons. The first-order valence-corrected chi connectivity index (χ1v) is 6.45. The molecule has 19 heavy (non-hydrogen) atoms. The largest absolute Gasteiger partial charge is 0.366 e. The molecule has 0 amide bonds. The lowest BCUT2D eigenvalue weighted by Crippen LogP contribution is -2.07. The SMILES string of the molecule is CCn1cc(CNc2cc(C)nn2CC)c(C)n1.Cl. The van der Waals surface area contributed by atoms with E-state index in [9.17, 15) is 0 Å². The van der Waals surface area contributed by atoms with Crippen molar-refractivity contribution < 1.29 is 0 Å². The lowest BCUT2D eigenvalue weighted by Gasteiger charge is -2.07. The van der Waals surface area contributed by atoms with E-state index in [1.54, 1.807) is 0 Å². The number of nitrogens with zero attached hydrogens (tertiary/aromatic N) is 4. The standard InChI is InChI=1S/C13H21N5.ClH/c1-5-17-9-12(11(4)16-17)8-14-13-7-10(3)15-18(13)6-2;/h7,9,14H,5-6,8H2,1-4H3;1H. The molecular formula is C13H22ClN5. The predicted molar refractivity (Wildman–Crippen MR) is 79.9 cm³/mol. The number of hydrogen-bond acceptors (Lipinski definition) is 3. The van der Waals surface area contributed by atoms with Crippen molar-refractivity contribution in [3.8, 4) is 0 Å². The number of aryl methyl sites for hydroxylation is 4. The van der Waals surface area contributed by atoms with Gasteiger partial charge in [-0.3, -0.25) is 4.68 Å². The van der Waals surface area contributed by atoms with Crippen LogP contribution in [0.3, 0.4) is 0 Å². The van der Waals surface area contributed by atoms with Gasteiger partial charge in [0.2, 0.25) is 0 Å². The smallest absolute Gasteiger partial charge is 0.124 e. The Bertz CT molecular complexity index is 529. The van der Waals surface area contributed by atoms with E-state index in [0.29, 0.717) is 0 Å². The highest BCUT2D eigenvalue weighted by Gasteiger charge is 2.07. The van der Waals surface area contributed by atoms with Gasteiger partial charge in [0.15, 0.2) is 0 Å².